The van der Waals surface area contributed by atoms with Gasteiger partial charge in [-0.25, -0.2) is 4.79 Å². The van der Waals surface area contributed by atoms with E-state index < -0.39 is 5.97 Å². The summed E-state index contributed by atoms with van der Waals surface area (Å²) >= 11 is 5.79. The van der Waals surface area contributed by atoms with Crippen molar-refractivity contribution in [3.8, 4) is 11.1 Å². The van der Waals surface area contributed by atoms with E-state index in [1.54, 1.807) is 36.1 Å². The van der Waals surface area contributed by atoms with Crippen LogP contribution in [0.4, 0.5) is 0 Å². The molecular formula is C12H10ClNO2. The average Bonchev–Trinajstić information content (AvgIpc) is 2.61. The molecule has 0 aliphatic rings. The van der Waals surface area contributed by atoms with Crippen LogP contribution in [-0.2, 0) is 7.05 Å². The Bertz CT molecular complexity index is 528. The zero-order chi connectivity index (χ0) is 11.7. The van der Waals surface area contributed by atoms with Gasteiger partial charge in [0.25, 0.3) is 0 Å². The van der Waals surface area contributed by atoms with Crippen molar-refractivity contribution in [2.24, 2.45) is 7.05 Å². The molecule has 16 heavy (non-hydrogen) atoms. The van der Waals surface area contributed by atoms with Crippen LogP contribution in [0.15, 0.2) is 36.7 Å². The molecule has 0 aliphatic heterocycles. The van der Waals surface area contributed by atoms with Gasteiger partial charge in [0, 0.05) is 30.0 Å². The smallest absolute Gasteiger partial charge is 0.337 e. The number of carboxylic acids is 1. The first kappa shape index (κ1) is 10.8. The van der Waals surface area contributed by atoms with Crippen molar-refractivity contribution in [3.05, 3.63) is 47.2 Å². The Kier molecular flexibility index (Phi) is 2.71. The van der Waals surface area contributed by atoms with Gasteiger partial charge in [0.05, 0.1) is 5.56 Å². The highest BCUT2D eigenvalue weighted by Gasteiger charge is 2.13. The van der Waals surface area contributed by atoms with Crippen molar-refractivity contribution in [1.29, 1.82) is 0 Å². The van der Waals surface area contributed by atoms with E-state index in [-0.39, 0.29) is 0 Å². The Hall–Kier alpha value is -1.74. The van der Waals surface area contributed by atoms with Crippen molar-refractivity contribution in [1.82, 2.24) is 4.57 Å². The highest BCUT2D eigenvalue weighted by molar-refractivity contribution is 6.30. The first-order valence-electron chi connectivity index (χ1n) is 4.73. The van der Waals surface area contributed by atoms with Gasteiger partial charge >= 0.3 is 5.97 Å². The number of carbonyl (C=O) groups is 1. The van der Waals surface area contributed by atoms with Crippen molar-refractivity contribution >= 4 is 17.6 Å². The molecule has 2 rings (SSSR count). The summed E-state index contributed by atoms with van der Waals surface area (Å²) in [6.45, 7) is 0. The van der Waals surface area contributed by atoms with Gasteiger partial charge in [-0.1, -0.05) is 23.7 Å². The Morgan fingerprint density at radius 3 is 2.44 bits per heavy atom. The highest BCUT2D eigenvalue weighted by atomic mass is 35.5. The molecule has 0 amide bonds. The Morgan fingerprint density at radius 1 is 1.25 bits per heavy atom. The molecule has 1 aromatic carbocycles. The molecule has 0 bridgehead atoms. The molecule has 0 radical (unpaired) electrons. The molecule has 2 aromatic rings. The number of rotatable bonds is 2. The summed E-state index contributed by atoms with van der Waals surface area (Å²) < 4.78 is 1.73. The molecule has 0 fully saturated rings. The summed E-state index contributed by atoms with van der Waals surface area (Å²) in [5, 5.41) is 9.69. The van der Waals surface area contributed by atoms with Gasteiger partial charge in [-0.15, -0.1) is 0 Å². The predicted octanol–water partition coefficient (Wildman–Crippen LogP) is 3.04. The summed E-state index contributed by atoms with van der Waals surface area (Å²) in [6.07, 6.45) is 3.37. The number of nitrogens with zero attached hydrogens (tertiary/aromatic N) is 1. The Balaban J connectivity index is 2.55. The van der Waals surface area contributed by atoms with Gasteiger partial charge in [-0.3, -0.25) is 0 Å². The SMILES string of the molecule is Cn1cc(C(=O)O)c(-c2ccc(Cl)cc2)c1. The van der Waals surface area contributed by atoms with Gasteiger partial charge < -0.3 is 9.67 Å². The van der Waals surface area contributed by atoms with Crippen LogP contribution in [0.2, 0.25) is 5.02 Å². The van der Waals surface area contributed by atoms with Gasteiger partial charge in [0.15, 0.2) is 0 Å². The zero-order valence-electron chi connectivity index (χ0n) is 8.64. The number of aromatic nitrogens is 1. The minimum absolute atomic E-state index is 0.296. The first-order chi connectivity index (χ1) is 7.58. The third-order valence-electron chi connectivity index (χ3n) is 2.34. The lowest BCUT2D eigenvalue weighted by Crippen LogP contribution is -1.96. The molecule has 0 aliphatic carbocycles. The molecule has 0 saturated heterocycles. The van der Waals surface area contributed by atoms with E-state index in [1.807, 2.05) is 12.1 Å². The summed E-state index contributed by atoms with van der Waals surface area (Å²) in [6, 6.07) is 7.11. The van der Waals surface area contributed by atoms with Gasteiger partial charge in [0.1, 0.15) is 0 Å². The number of aryl methyl sites for hydroxylation is 1. The lowest BCUT2D eigenvalue weighted by molar-refractivity contribution is 0.0697. The highest BCUT2D eigenvalue weighted by Crippen LogP contribution is 2.25. The number of benzene rings is 1. The largest absolute Gasteiger partial charge is 0.478 e. The van der Waals surface area contributed by atoms with Crippen molar-refractivity contribution < 1.29 is 9.90 Å². The standard InChI is InChI=1S/C12H10ClNO2/c1-14-6-10(11(7-14)12(15)16)8-2-4-9(13)5-3-8/h2-7H,1H3,(H,15,16). The van der Waals surface area contributed by atoms with Crippen LogP contribution >= 0.6 is 11.6 Å². The summed E-state index contributed by atoms with van der Waals surface area (Å²) in [5.74, 6) is -0.925. The van der Waals surface area contributed by atoms with E-state index in [2.05, 4.69) is 0 Å². The second-order valence-corrected chi connectivity index (χ2v) is 4.00. The molecule has 0 spiro atoms. The summed E-state index contributed by atoms with van der Waals surface area (Å²) in [4.78, 5) is 11.0. The molecule has 3 nitrogen and oxygen atoms in total. The van der Waals surface area contributed by atoms with E-state index in [9.17, 15) is 4.79 Å². The molecule has 1 aromatic heterocycles. The second kappa shape index (κ2) is 4.02. The maximum Gasteiger partial charge on any atom is 0.337 e. The Morgan fingerprint density at radius 2 is 1.88 bits per heavy atom. The maximum absolute atomic E-state index is 11.0. The summed E-state index contributed by atoms with van der Waals surface area (Å²) in [5.41, 5.74) is 1.85. The van der Waals surface area contributed by atoms with Crippen LogP contribution in [0, 0.1) is 0 Å². The van der Waals surface area contributed by atoms with Crippen molar-refractivity contribution in [3.63, 3.8) is 0 Å². The molecule has 1 N–H and O–H groups in total. The molecule has 0 atom stereocenters. The fourth-order valence-corrected chi connectivity index (χ4v) is 1.74. The van der Waals surface area contributed by atoms with E-state index >= 15 is 0 Å². The third-order valence-corrected chi connectivity index (χ3v) is 2.59. The van der Waals surface area contributed by atoms with Crippen LogP contribution < -0.4 is 0 Å². The first-order valence-corrected chi connectivity index (χ1v) is 5.11. The van der Waals surface area contributed by atoms with Crippen LogP contribution in [0.25, 0.3) is 11.1 Å². The lowest BCUT2D eigenvalue weighted by Gasteiger charge is -2.00. The second-order valence-electron chi connectivity index (χ2n) is 3.56. The fraction of sp³-hybridized carbons (Fsp3) is 0.0833. The van der Waals surface area contributed by atoms with Crippen LogP contribution in [0.5, 0.6) is 0 Å². The van der Waals surface area contributed by atoms with E-state index in [4.69, 9.17) is 16.7 Å². The number of aromatic carboxylic acids is 1. The van der Waals surface area contributed by atoms with Gasteiger partial charge in [0.2, 0.25) is 0 Å². The molecule has 82 valence electrons. The monoisotopic (exact) mass is 235 g/mol. The number of halogens is 1. The van der Waals surface area contributed by atoms with Crippen LogP contribution in [-0.4, -0.2) is 15.6 Å². The molecular weight excluding hydrogens is 226 g/mol. The quantitative estimate of drug-likeness (QED) is 0.869. The maximum atomic E-state index is 11.0. The molecule has 0 saturated carbocycles. The number of hydrogen-bond donors (Lipinski definition) is 1. The number of hydrogen-bond acceptors (Lipinski definition) is 1. The van der Waals surface area contributed by atoms with Crippen molar-refractivity contribution in [2.45, 2.75) is 0 Å². The fourth-order valence-electron chi connectivity index (χ4n) is 1.61. The normalized spacial score (nSPS) is 10.4. The molecule has 1 heterocycles. The zero-order valence-corrected chi connectivity index (χ0v) is 9.40. The van der Waals surface area contributed by atoms with Crippen molar-refractivity contribution in [2.75, 3.05) is 0 Å². The van der Waals surface area contributed by atoms with Crippen LogP contribution in [0.1, 0.15) is 10.4 Å². The van der Waals surface area contributed by atoms with Crippen LogP contribution in [0.3, 0.4) is 0 Å². The molecule has 4 heteroatoms. The molecule has 0 unspecified atom stereocenters. The minimum Gasteiger partial charge on any atom is -0.478 e. The minimum atomic E-state index is -0.925. The lowest BCUT2D eigenvalue weighted by atomic mass is 10.1. The number of carboxylic acid groups (broad SMARTS) is 1. The van der Waals surface area contributed by atoms with E-state index in [0.29, 0.717) is 16.1 Å². The Labute approximate surface area is 97.9 Å². The predicted molar refractivity (Wildman–Crippen MR) is 62.8 cm³/mol. The third kappa shape index (κ3) is 1.95. The average molecular weight is 236 g/mol. The van der Waals surface area contributed by atoms with Gasteiger partial charge in [-0.2, -0.15) is 0 Å². The van der Waals surface area contributed by atoms with E-state index in [0.717, 1.165) is 5.56 Å². The topological polar surface area (TPSA) is 42.2 Å². The summed E-state index contributed by atoms with van der Waals surface area (Å²) in [7, 11) is 1.80. The van der Waals surface area contributed by atoms with Gasteiger partial charge in [-0.05, 0) is 17.7 Å². The van der Waals surface area contributed by atoms with E-state index in [1.165, 1.54) is 0 Å².